The molecule has 0 saturated carbocycles. The Hall–Kier alpha value is -6.56. The monoisotopic (exact) mass is 834 g/mol. The molecular weight excluding hydrogens is 781 g/mol. The topological polar surface area (TPSA) is 152 Å². The molecule has 1 saturated heterocycles. The van der Waals surface area contributed by atoms with Crippen molar-refractivity contribution in [2.24, 2.45) is 5.92 Å². The minimum absolute atomic E-state index is 0.0372. The highest BCUT2D eigenvalue weighted by atomic mass is 16.6. The van der Waals surface area contributed by atoms with Crippen molar-refractivity contribution >= 4 is 40.1 Å². The highest BCUT2D eigenvalue weighted by Gasteiger charge is 2.24. The van der Waals surface area contributed by atoms with Crippen molar-refractivity contribution in [3.8, 4) is 16.9 Å². The van der Waals surface area contributed by atoms with Crippen molar-refractivity contribution < 1.29 is 29.3 Å². The number of para-hydroxylation sites is 1. The molecule has 11 nitrogen and oxygen atoms in total. The predicted octanol–water partition coefficient (Wildman–Crippen LogP) is 9.08. The second kappa shape index (κ2) is 20.3. The Bertz CT molecular complexity index is 2570. The number of hydrogen-bond acceptors (Lipinski definition) is 8. The van der Waals surface area contributed by atoms with E-state index in [2.05, 4.69) is 34.3 Å². The maximum absolute atomic E-state index is 13.5. The number of carbonyl (C=O) groups excluding carboxylic acids is 3. The summed E-state index contributed by atoms with van der Waals surface area (Å²) in [6.07, 6.45) is 2.48. The number of fused-ring (bicyclic) bond motifs is 1. The van der Waals surface area contributed by atoms with E-state index in [1.807, 2.05) is 72.8 Å². The Kier molecular flexibility index (Phi) is 14.3. The summed E-state index contributed by atoms with van der Waals surface area (Å²) >= 11 is 0. The van der Waals surface area contributed by atoms with Crippen LogP contribution in [-0.4, -0.2) is 70.7 Å². The SMILES string of the molecule is C[C@H](CC[C@H](O)c1ccc(O)c2[nH]c(=O)ccc12)Cc1cccc(CC(=O)c2cccc(N(C)C(=O)CCN3CCC(OC(=O)Nc4ccccc4-c4ccccc4)CC3)c2)c1. The molecule has 1 fully saturated rings. The van der Waals surface area contributed by atoms with Crippen LogP contribution in [-0.2, 0) is 22.4 Å². The van der Waals surface area contributed by atoms with E-state index in [0.29, 0.717) is 78.7 Å². The Morgan fingerprint density at radius 3 is 2.40 bits per heavy atom. The maximum atomic E-state index is 13.5. The number of anilines is 2. The number of nitrogens with zero attached hydrogens (tertiary/aromatic N) is 2. The summed E-state index contributed by atoms with van der Waals surface area (Å²) in [4.78, 5) is 58.0. The second-order valence-electron chi connectivity index (χ2n) is 16.3. The first-order valence-corrected chi connectivity index (χ1v) is 21.4. The molecule has 6 aromatic rings. The summed E-state index contributed by atoms with van der Waals surface area (Å²) in [5.41, 5.74) is 6.49. The first-order valence-electron chi connectivity index (χ1n) is 21.4. The van der Waals surface area contributed by atoms with E-state index in [1.165, 1.54) is 12.1 Å². The maximum Gasteiger partial charge on any atom is 0.411 e. The second-order valence-corrected chi connectivity index (χ2v) is 16.3. The van der Waals surface area contributed by atoms with Crippen LogP contribution in [0.25, 0.3) is 22.0 Å². The van der Waals surface area contributed by atoms with Crippen LogP contribution in [0.5, 0.6) is 5.75 Å². The van der Waals surface area contributed by atoms with Gasteiger partial charge in [-0.15, -0.1) is 0 Å². The molecule has 11 heteroatoms. The van der Waals surface area contributed by atoms with Gasteiger partial charge in [0, 0.05) is 67.8 Å². The van der Waals surface area contributed by atoms with Gasteiger partial charge in [-0.3, -0.25) is 19.7 Å². The minimum atomic E-state index is -0.762. The van der Waals surface area contributed by atoms with Crippen molar-refractivity contribution in [2.75, 3.05) is 36.9 Å². The van der Waals surface area contributed by atoms with Crippen molar-refractivity contribution in [1.29, 1.82) is 0 Å². The normalized spacial score (nSPS) is 14.2. The van der Waals surface area contributed by atoms with Gasteiger partial charge in [0.15, 0.2) is 5.78 Å². The number of aliphatic hydroxyl groups is 1. The van der Waals surface area contributed by atoms with Crippen molar-refractivity contribution in [2.45, 2.75) is 64.1 Å². The number of ketones is 1. The molecule has 0 unspecified atom stereocenters. The van der Waals surface area contributed by atoms with E-state index in [0.717, 1.165) is 35.1 Å². The number of likely N-dealkylation sites (tertiary alicyclic amines) is 1. The molecule has 62 heavy (non-hydrogen) atoms. The Balaban J connectivity index is 0.844. The fourth-order valence-electron chi connectivity index (χ4n) is 8.26. The van der Waals surface area contributed by atoms with Crippen molar-refractivity contribution in [3.63, 3.8) is 0 Å². The molecule has 2 heterocycles. The van der Waals surface area contributed by atoms with E-state index < -0.39 is 12.2 Å². The third-order valence-corrected chi connectivity index (χ3v) is 11.8. The molecule has 0 spiro atoms. The zero-order valence-electron chi connectivity index (χ0n) is 35.3. The molecule has 320 valence electrons. The summed E-state index contributed by atoms with van der Waals surface area (Å²) in [5, 5.41) is 24.8. The number of aromatic nitrogens is 1. The van der Waals surface area contributed by atoms with Gasteiger partial charge in [-0.25, -0.2) is 4.79 Å². The van der Waals surface area contributed by atoms with Gasteiger partial charge in [-0.05, 0) is 90.6 Å². The minimum Gasteiger partial charge on any atom is -0.506 e. The van der Waals surface area contributed by atoms with E-state index in [-0.39, 0.29) is 41.4 Å². The number of Topliss-reactive ketones (excluding diaryl/α,β-unsaturated/α-hetero) is 1. The van der Waals surface area contributed by atoms with E-state index in [9.17, 15) is 29.4 Å². The van der Waals surface area contributed by atoms with E-state index in [4.69, 9.17) is 4.74 Å². The number of nitrogens with one attached hydrogen (secondary N) is 2. The Morgan fingerprint density at radius 1 is 0.855 bits per heavy atom. The third-order valence-electron chi connectivity index (χ3n) is 11.8. The number of H-pyrrole nitrogens is 1. The van der Waals surface area contributed by atoms with Crippen LogP contribution >= 0.6 is 0 Å². The lowest BCUT2D eigenvalue weighted by molar-refractivity contribution is -0.118. The van der Waals surface area contributed by atoms with Crippen molar-refractivity contribution in [1.82, 2.24) is 9.88 Å². The number of piperidine rings is 1. The van der Waals surface area contributed by atoms with Gasteiger partial charge in [0.25, 0.3) is 0 Å². The number of phenolic OH excluding ortho intramolecular Hbond substituents is 1. The molecule has 2 atom stereocenters. The number of hydrogen-bond donors (Lipinski definition) is 4. The molecule has 0 radical (unpaired) electrons. The number of benzene rings is 5. The smallest absolute Gasteiger partial charge is 0.411 e. The number of rotatable bonds is 16. The Morgan fingerprint density at radius 2 is 1.60 bits per heavy atom. The number of aliphatic hydroxyl groups excluding tert-OH is 1. The zero-order chi connectivity index (χ0) is 43.6. The number of amides is 2. The van der Waals surface area contributed by atoms with Gasteiger partial charge in [-0.2, -0.15) is 0 Å². The molecule has 1 aliphatic heterocycles. The van der Waals surface area contributed by atoms with Crippen LogP contribution in [0.4, 0.5) is 16.2 Å². The van der Waals surface area contributed by atoms with Crippen LogP contribution < -0.4 is 15.8 Å². The number of aromatic amines is 1. The summed E-state index contributed by atoms with van der Waals surface area (Å²) in [7, 11) is 1.74. The van der Waals surface area contributed by atoms with Crippen LogP contribution in [0.3, 0.4) is 0 Å². The van der Waals surface area contributed by atoms with Gasteiger partial charge in [-0.1, -0.05) is 97.9 Å². The van der Waals surface area contributed by atoms with Gasteiger partial charge in [0.1, 0.15) is 11.9 Å². The molecule has 0 bridgehead atoms. The van der Waals surface area contributed by atoms with Crippen LogP contribution in [0.15, 0.2) is 132 Å². The van der Waals surface area contributed by atoms with E-state index in [1.54, 1.807) is 42.3 Å². The summed E-state index contributed by atoms with van der Waals surface area (Å²) in [6.45, 7) is 4.15. The van der Waals surface area contributed by atoms with Crippen LogP contribution in [0.1, 0.15) is 72.2 Å². The number of aromatic hydroxyl groups is 1. The molecule has 1 aromatic heterocycles. The summed E-state index contributed by atoms with van der Waals surface area (Å²) < 4.78 is 5.79. The fourth-order valence-corrected chi connectivity index (χ4v) is 8.26. The molecule has 0 aliphatic carbocycles. The number of ether oxygens (including phenoxy) is 1. The molecular formula is C51H54N4O7. The molecule has 5 aromatic carbocycles. The molecule has 1 aliphatic rings. The lowest BCUT2D eigenvalue weighted by Crippen LogP contribution is -2.40. The summed E-state index contributed by atoms with van der Waals surface area (Å²) in [5.74, 6) is 0.122. The molecule has 2 amide bonds. The van der Waals surface area contributed by atoms with Gasteiger partial charge < -0.3 is 29.7 Å². The lowest BCUT2D eigenvalue weighted by atomic mass is 9.91. The first-order chi connectivity index (χ1) is 30.0. The number of carbonyl (C=O) groups is 3. The largest absolute Gasteiger partial charge is 0.506 e. The van der Waals surface area contributed by atoms with Crippen LogP contribution in [0.2, 0.25) is 0 Å². The zero-order valence-corrected chi connectivity index (χ0v) is 35.3. The van der Waals surface area contributed by atoms with Gasteiger partial charge in [0.05, 0.1) is 17.3 Å². The molecule has 7 rings (SSSR count). The van der Waals surface area contributed by atoms with Crippen molar-refractivity contribution in [3.05, 3.63) is 160 Å². The Labute approximate surface area is 362 Å². The highest BCUT2D eigenvalue weighted by molar-refractivity contribution is 6.00. The lowest BCUT2D eigenvalue weighted by Gasteiger charge is -2.31. The van der Waals surface area contributed by atoms with Gasteiger partial charge >= 0.3 is 6.09 Å². The third kappa shape index (κ3) is 11.2. The first kappa shape index (κ1) is 43.5. The van der Waals surface area contributed by atoms with E-state index >= 15 is 0 Å². The fraction of sp³-hybridized carbons (Fsp3) is 0.294. The average Bonchev–Trinajstić information content (AvgIpc) is 3.28. The average molecular weight is 835 g/mol. The predicted molar refractivity (Wildman–Crippen MR) is 244 cm³/mol. The highest BCUT2D eigenvalue weighted by Crippen LogP contribution is 2.32. The van der Waals surface area contributed by atoms with Crippen LogP contribution in [0, 0.1) is 5.92 Å². The molecule has 4 N–H and O–H groups in total. The number of pyridine rings is 1. The van der Waals surface area contributed by atoms with Gasteiger partial charge in [0.2, 0.25) is 11.5 Å². The summed E-state index contributed by atoms with van der Waals surface area (Å²) in [6, 6.07) is 39.0. The standard InChI is InChI=1S/C51H54N4O7/c1-34(18-21-45(56)42-19-22-46(57)50-43(42)20-23-48(59)53-50)30-35-10-8-11-36(31-35)32-47(58)38-14-9-15-39(33-38)54(2)49(60)26-29-55-27-24-40(25-28-55)62-51(61)52-44-17-7-6-16-41(44)37-12-4-3-5-13-37/h3-17,19-20,22-23,31,33-34,40,45,56-57H,18,21,24-30,32H2,1-2H3,(H,52,61)(H,53,59)/t34-,45+/m1/s1. The number of phenols is 1. The quantitative estimate of drug-likeness (QED) is 0.0705.